The molecule has 1 aliphatic carbocycles. The van der Waals surface area contributed by atoms with Crippen LogP contribution in [0.15, 0.2) is 40.3 Å². The molecule has 1 N–H and O–H groups in total. The summed E-state index contributed by atoms with van der Waals surface area (Å²) in [5.41, 5.74) is 2.40. The summed E-state index contributed by atoms with van der Waals surface area (Å²) in [4.78, 5) is 31.9. The van der Waals surface area contributed by atoms with Crippen molar-refractivity contribution < 1.29 is 4.79 Å². The molecule has 3 aromatic rings. The van der Waals surface area contributed by atoms with Crippen molar-refractivity contribution in [2.24, 2.45) is 7.05 Å². The average Bonchev–Trinajstić information content (AvgIpc) is 3.29. The summed E-state index contributed by atoms with van der Waals surface area (Å²) in [5, 5.41) is 4.37. The maximum atomic E-state index is 12.8. The van der Waals surface area contributed by atoms with Crippen molar-refractivity contribution in [1.29, 1.82) is 0 Å². The number of hydrogen-bond donors (Lipinski definition) is 1. The molecule has 1 aliphatic rings. The molecule has 0 radical (unpaired) electrons. The molecule has 0 aliphatic heterocycles. The molecule has 1 unspecified atom stereocenters. The van der Waals surface area contributed by atoms with Gasteiger partial charge in [-0.05, 0) is 36.3 Å². The van der Waals surface area contributed by atoms with E-state index in [2.05, 4.69) is 29.4 Å². The summed E-state index contributed by atoms with van der Waals surface area (Å²) >= 11 is 2.95. The van der Waals surface area contributed by atoms with Crippen LogP contribution in [-0.2, 0) is 24.7 Å². The Bertz CT molecular complexity index is 1070. The number of amides is 1. The molecule has 28 heavy (non-hydrogen) atoms. The van der Waals surface area contributed by atoms with Crippen LogP contribution in [0.4, 0.5) is 0 Å². The number of nitrogens with zero attached hydrogens (tertiary/aromatic N) is 2. The van der Waals surface area contributed by atoms with Gasteiger partial charge in [-0.15, -0.1) is 11.3 Å². The van der Waals surface area contributed by atoms with Crippen molar-refractivity contribution in [3.63, 3.8) is 0 Å². The van der Waals surface area contributed by atoms with Crippen molar-refractivity contribution in [3.8, 4) is 0 Å². The number of carbonyl (C=O) groups excluding carboxylic acids is 1. The lowest BCUT2D eigenvalue weighted by Crippen LogP contribution is -2.29. The fraction of sp³-hybridized carbons (Fsp3) is 0.381. The van der Waals surface area contributed by atoms with Gasteiger partial charge in [0.2, 0.25) is 5.91 Å². The van der Waals surface area contributed by atoms with Crippen LogP contribution in [-0.4, -0.2) is 27.8 Å². The Balaban J connectivity index is 1.41. The second-order valence-electron chi connectivity index (χ2n) is 7.20. The van der Waals surface area contributed by atoms with Crippen molar-refractivity contribution in [3.05, 3.63) is 56.7 Å². The fourth-order valence-corrected chi connectivity index (χ4v) is 5.69. The fourth-order valence-electron chi connectivity index (χ4n) is 3.58. The zero-order valence-electron chi connectivity index (χ0n) is 16.0. The van der Waals surface area contributed by atoms with Gasteiger partial charge < -0.3 is 5.32 Å². The first kappa shape index (κ1) is 19.2. The van der Waals surface area contributed by atoms with E-state index in [1.54, 1.807) is 23.0 Å². The second kappa shape index (κ2) is 8.09. The predicted octanol–water partition coefficient (Wildman–Crippen LogP) is 3.50. The van der Waals surface area contributed by atoms with Crippen LogP contribution in [0, 0.1) is 0 Å². The zero-order valence-corrected chi connectivity index (χ0v) is 17.7. The molecule has 2 heterocycles. The highest BCUT2D eigenvalue weighted by atomic mass is 32.2. The van der Waals surface area contributed by atoms with Crippen LogP contribution in [0.1, 0.15) is 35.3 Å². The van der Waals surface area contributed by atoms with Gasteiger partial charge in [0, 0.05) is 18.5 Å². The van der Waals surface area contributed by atoms with E-state index in [9.17, 15) is 9.59 Å². The molecule has 0 spiro atoms. The topological polar surface area (TPSA) is 64.0 Å². The number of carbonyl (C=O) groups is 1. The summed E-state index contributed by atoms with van der Waals surface area (Å²) < 4.78 is 1.58. The Morgan fingerprint density at radius 1 is 1.32 bits per heavy atom. The average molecular weight is 414 g/mol. The van der Waals surface area contributed by atoms with Crippen molar-refractivity contribution >= 4 is 39.2 Å². The van der Waals surface area contributed by atoms with Gasteiger partial charge in [-0.3, -0.25) is 14.2 Å². The molecule has 1 atom stereocenters. The molecule has 0 saturated carbocycles. The number of benzene rings is 1. The Morgan fingerprint density at radius 3 is 2.89 bits per heavy atom. The molecule has 4 rings (SSSR count). The molecule has 2 aromatic heterocycles. The Kier molecular flexibility index (Phi) is 5.55. The molecular formula is C21H23N3O2S2. The maximum absolute atomic E-state index is 12.8. The first-order valence-electron chi connectivity index (χ1n) is 9.50. The van der Waals surface area contributed by atoms with Gasteiger partial charge >= 0.3 is 0 Å². The number of fused-ring (bicyclic) bond motifs is 3. The molecule has 1 aromatic carbocycles. The van der Waals surface area contributed by atoms with Crippen LogP contribution in [0.5, 0.6) is 0 Å². The molecule has 7 heteroatoms. The molecule has 0 bridgehead atoms. The minimum atomic E-state index is -0.0456. The summed E-state index contributed by atoms with van der Waals surface area (Å²) in [6, 6.07) is 10.1. The monoisotopic (exact) mass is 413 g/mol. The Morgan fingerprint density at radius 2 is 2.11 bits per heavy atom. The number of hydrogen-bond acceptors (Lipinski definition) is 5. The second-order valence-corrected chi connectivity index (χ2v) is 9.23. The quantitative estimate of drug-likeness (QED) is 0.496. The lowest BCUT2D eigenvalue weighted by atomic mass is 10.0. The number of aryl methyl sites for hydroxylation is 2. The molecular weight excluding hydrogens is 390 g/mol. The van der Waals surface area contributed by atoms with Gasteiger partial charge in [-0.25, -0.2) is 4.98 Å². The number of thioether (sulfide) groups is 1. The smallest absolute Gasteiger partial charge is 0.262 e. The Hall–Kier alpha value is -2.12. The van der Waals surface area contributed by atoms with E-state index in [1.807, 2.05) is 18.2 Å². The largest absolute Gasteiger partial charge is 0.355 e. The lowest BCUT2D eigenvalue weighted by molar-refractivity contribution is -0.118. The lowest BCUT2D eigenvalue weighted by Gasteiger charge is -2.13. The van der Waals surface area contributed by atoms with Crippen LogP contribution in [0.25, 0.3) is 10.2 Å². The van der Waals surface area contributed by atoms with E-state index < -0.39 is 0 Å². The van der Waals surface area contributed by atoms with Gasteiger partial charge in [0.15, 0.2) is 5.16 Å². The third-order valence-electron chi connectivity index (χ3n) is 5.21. The van der Waals surface area contributed by atoms with Crippen LogP contribution >= 0.6 is 23.1 Å². The van der Waals surface area contributed by atoms with E-state index in [1.165, 1.54) is 27.8 Å². The molecule has 146 valence electrons. The number of aromatic nitrogens is 2. The first-order valence-corrected chi connectivity index (χ1v) is 11.3. The van der Waals surface area contributed by atoms with E-state index in [4.69, 9.17) is 0 Å². The first-order chi connectivity index (χ1) is 13.5. The minimum absolute atomic E-state index is 0.00464. The summed E-state index contributed by atoms with van der Waals surface area (Å²) in [5.74, 6) is 0.455. The molecule has 5 nitrogen and oxygen atoms in total. The maximum Gasteiger partial charge on any atom is 0.262 e. The van der Waals surface area contributed by atoms with Crippen molar-refractivity contribution in [1.82, 2.24) is 14.9 Å². The van der Waals surface area contributed by atoms with Crippen LogP contribution in [0.2, 0.25) is 0 Å². The van der Waals surface area contributed by atoms with Crippen LogP contribution < -0.4 is 10.9 Å². The molecule has 0 fully saturated rings. The van der Waals surface area contributed by atoms with Crippen LogP contribution in [0.3, 0.4) is 0 Å². The van der Waals surface area contributed by atoms with E-state index in [0.717, 1.165) is 29.5 Å². The highest BCUT2D eigenvalue weighted by Gasteiger charge is 2.22. The third kappa shape index (κ3) is 3.73. The summed E-state index contributed by atoms with van der Waals surface area (Å²) in [7, 11) is 1.74. The number of rotatable bonds is 6. The van der Waals surface area contributed by atoms with E-state index in [0.29, 0.717) is 11.7 Å². The zero-order chi connectivity index (χ0) is 19.7. The van der Waals surface area contributed by atoms with Crippen molar-refractivity contribution in [2.45, 2.75) is 37.3 Å². The summed E-state index contributed by atoms with van der Waals surface area (Å²) in [6.45, 7) is 2.68. The van der Waals surface area contributed by atoms with Gasteiger partial charge in [0.1, 0.15) is 4.83 Å². The normalized spacial score (nSPS) is 14.2. The third-order valence-corrected chi connectivity index (χ3v) is 7.43. The summed E-state index contributed by atoms with van der Waals surface area (Å²) in [6.07, 6.45) is 3.14. The van der Waals surface area contributed by atoms with E-state index >= 15 is 0 Å². The highest BCUT2D eigenvalue weighted by molar-refractivity contribution is 7.99. The standard InChI is InChI=1S/C21H23N3O2S2/c1-13(14-7-4-3-5-8-14)11-22-17(25)12-27-21-23-19-18(20(26)24(21)2)15-9-6-10-16(15)28-19/h3-5,7-8,13H,6,9-12H2,1-2H3,(H,22,25). The van der Waals surface area contributed by atoms with Crippen molar-refractivity contribution in [2.75, 3.05) is 12.3 Å². The minimum Gasteiger partial charge on any atom is -0.355 e. The SMILES string of the molecule is CC(CNC(=O)CSc1nc2sc3c(c2c(=O)n1C)CCC3)c1ccccc1. The number of thiophene rings is 1. The number of nitrogens with one attached hydrogen (secondary N) is 1. The predicted molar refractivity (Wildman–Crippen MR) is 115 cm³/mol. The molecule has 1 amide bonds. The van der Waals surface area contributed by atoms with Gasteiger partial charge in [-0.2, -0.15) is 0 Å². The van der Waals surface area contributed by atoms with E-state index in [-0.39, 0.29) is 23.1 Å². The van der Waals surface area contributed by atoms with Gasteiger partial charge in [0.05, 0.1) is 11.1 Å². The van der Waals surface area contributed by atoms with Gasteiger partial charge in [-0.1, -0.05) is 49.0 Å². The highest BCUT2D eigenvalue weighted by Crippen LogP contribution is 2.35. The Labute approximate surface area is 172 Å². The molecule has 0 saturated heterocycles. The van der Waals surface area contributed by atoms with Gasteiger partial charge in [0.25, 0.3) is 5.56 Å².